The summed E-state index contributed by atoms with van der Waals surface area (Å²) in [5.41, 5.74) is 0. The Labute approximate surface area is 54.0 Å². The van der Waals surface area contributed by atoms with E-state index in [1.165, 1.54) is 0 Å². The van der Waals surface area contributed by atoms with E-state index in [2.05, 4.69) is 10.1 Å². The molecule has 0 atom stereocenters. The molecular formula is C6H9N3. The third-order valence-corrected chi connectivity index (χ3v) is 0.925. The van der Waals surface area contributed by atoms with Gasteiger partial charge in [0.25, 0.3) is 0 Å². The number of aryl methyl sites for hydroxylation is 1. The lowest BCUT2D eigenvalue weighted by atomic mass is 10.7. The molecule has 0 spiro atoms. The minimum Gasteiger partial charge on any atom is -0.228 e. The Hall–Kier alpha value is -1.12. The SMILES string of the molecule is CC=Cn1cnc(C)n1. The van der Waals surface area contributed by atoms with Crippen LogP contribution in [0.5, 0.6) is 0 Å². The van der Waals surface area contributed by atoms with Gasteiger partial charge in [0.05, 0.1) is 0 Å². The van der Waals surface area contributed by atoms with Crippen molar-refractivity contribution in [2.24, 2.45) is 0 Å². The van der Waals surface area contributed by atoms with E-state index in [1.54, 1.807) is 11.0 Å². The van der Waals surface area contributed by atoms with Crippen molar-refractivity contribution >= 4 is 6.20 Å². The molecule has 3 nitrogen and oxygen atoms in total. The van der Waals surface area contributed by atoms with Crippen molar-refractivity contribution < 1.29 is 0 Å². The van der Waals surface area contributed by atoms with Crippen molar-refractivity contribution in [3.63, 3.8) is 0 Å². The number of allylic oxidation sites excluding steroid dienone is 1. The van der Waals surface area contributed by atoms with Gasteiger partial charge in [-0.3, -0.25) is 0 Å². The van der Waals surface area contributed by atoms with Gasteiger partial charge in [0, 0.05) is 6.20 Å². The zero-order valence-electron chi connectivity index (χ0n) is 5.57. The Bertz CT molecular complexity index is 212. The molecule has 0 aliphatic carbocycles. The van der Waals surface area contributed by atoms with E-state index in [-0.39, 0.29) is 0 Å². The van der Waals surface area contributed by atoms with E-state index in [0.717, 1.165) is 5.82 Å². The zero-order chi connectivity index (χ0) is 6.69. The molecule has 0 saturated heterocycles. The molecule has 0 unspecified atom stereocenters. The van der Waals surface area contributed by atoms with Crippen LogP contribution in [-0.2, 0) is 0 Å². The average molecular weight is 123 g/mol. The summed E-state index contributed by atoms with van der Waals surface area (Å²) in [6.07, 6.45) is 5.43. The molecule has 0 aliphatic heterocycles. The molecule has 1 heterocycles. The van der Waals surface area contributed by atoms with Crippen LogP contribution in [0, 0.1) is 6.92 Å². The topological polar surface area (TPSA) is 30.7 Å². The van der Waals surface area contributed by atoms with Crippen LogP contribution in [0.3, 0.4) is 0 Å². The van der Waals surface area contributed by atoms with Gasteiger partial charge in [0.1, 0.15) is 12.2 Å². The van der Waals surface area contributed by atoms with E-state index < -0.39 is 0 Å². The highest BCUT2D eigenvalue weighted by Crippen LogP contribution is 1.86. The second kappa shape index (κ2) is 2.44. The number of rotatable bonds is 1. The monoisotopic (exact) mass is 123 g/mol. The molecule has 0 aliphatic rings. The number of hydrogen-bond acceptors (Lipinski definition) is 2. The van der Waals surface area contributed by atoms with Crippen molar-refractivity contribution in [2.75, 3.05) is 0 Å². The Balaban J connectivity index is 2.85. The van der Waals surface area contributed by atoms with Gasteiger partial charge in [-0.1, -0.05) is 6.08 Å². The molecule has 0 N–H and O–H groups in total. The van der Waals surface area contributed by atoms with Crippen molar-refractivity contribution in [3.05, 3.63) is 18.2 Å². The van der Waals surface area contributed by atoms with Gasteiger partial charge in [-0.2, -0.15) is 5.10 Å². The Morgan fingerprint density at radius 3 is 2.89 bits per heavy atom. The summed E-state index contributed by atoms with van der Waals surface area (Å²) in [6.45, 7) is 3.80. The van der Waals surface area contributed by atoms with E-state index in [1.807, 2.05) is 26.1 Å². The second-order valence-corrected chi connectivity index (χ2v) is 1.75. The fraction of sp³-hybridized carbons (Fsp3) is 0.333. The van der Waals surface area contributed by atoms with Gasteiger partial charge >= 0.3 is 0 Å². The van der Waals surface area contributed by atoms with Gasteiger partial charge in [0.2, 0.25) is 0 Å². The lowest BCUT2D eigenvalue weighted by Gasteiger charge is -1.82. The maximum absolute atomic E-state index is 4.02. The molecule has 0 bridgehead atoms. The lowest BCUT2D eigenvalue weighted by molar-refractivity contribution is 0.910. The predicted molar refractivity (Wildman–Crippen MR) is 35.8 cm³/mol. The van der Waals surface area contributed by atoms with Gasteiger partial charge in [0.15, 0.2) is 0 Å². The van der Waals surface area contributed by atoms with Gasteiger partial charge in [-0.05, 0) is 13.8 Å². The minimum atomic E-state index is 0.799. The summed E-state index contributed by atoms with van der Waals surface area (Å²) in [5.74, 6) is 0.799. The molecule has 3 heteroatoms. The van der Waals surface area contributed by atoms with E-state index in [9.17, 15) is 0 Å². The molecule has 1 aromatic rings. The Morgan fingerprint density at radius 2 is 2.44 bits per heavy atom. The Morgan fingerprint density at radius 1 is 1.67 bits per heavy atom. The number of aromatic nitrogens is 3. The highest BCUT2D eigenvalue weighted by atomic mass is 15.3. The lowest BCUT2D eigenvalue weighted by Crippen LogP contribution is -1.84. The average Bonchev–Trinajstić information content (AvgIpc) is 2.17. The molecule has 0 radical (unpaired) electrons. The smallest absolute Gasteiger partial charge is 0.147 e. The van der Waals surface area contributed by atoms with Crippen molar-refractivity contribution in [1.29, 1.82) is 0 Å². The van der Waals surface area contributed by atoms with Crippen molar-refractivity contribution in [3.8, 4) is 0 Å². The van der Waals surface area contributed by atoms with Crippen LogP contribution >= 0.6 is 0 Å². The van der Waals surface area contributed by atoms with Crippen LogP contribution in [0.25, 0.3) is 6.20 Å². The first-order valence-electron chi connectivity index (χ1n) is 2.83. The largest absolute Gasteiger partial charge is 0.228 e. The molecule has 1 rings (SSSR count). The minimum absolute atomic E-state index is 0.799. The standard InChI is InChI=1S/C6H9N3/c1-3-4-9-5-7-6(2)8-9/h3-5H,1-2H3. The molecule has 9 heavy (non-hydrogen) atoms. The van der Waals surface area contributed by atoms with Crippen molar-refractivity contribution in [1.82, 2.24) is 14.8 Å². The van der Waals surface area contributed by atoms with E-state index in [0.29, 0.717) is 0 Å². The third kappa shape index (κ3) is 1.38. The summed E-state index contributed by atoms with van der Waals surface area (Å²) < 4.78 is 1.68. The summed E-state index contributed by atoms with van der Waals surface area (Å²) in [7, 11) is 0. The summed E-state index contributed by atoms with van der Waals surface area (Å²) >= 11 is 0. The summed E-state index contributed by atoms with van der Waals surface area (Å²) in [4.78, 5) is 3.94. The molecule has 0 saturated carbocycles. The van der Waals surface area contributed by atoms with Gasteiger partial charge < -0.3 is 0 Å². The molecule has 48 valence electrons. The Kier molecular flexibility index (Phi) is 1.63. The first-order valence-corrected chi connectivity index (χ1v) is 2.83. The maximum atomic E-state index is 4.02. The molecule has 0 fully saturated rings. The van der Waals surface area contributed by atoms with Gasteiger partial charge in [-0.25, -0.2) is 9.67 Å². The summed E-state index contributed by atoms with van der Waals surface area (Å²) in [6, 6.07) is 0. The van der Waals surface area contributed by atoms with Crippen LogP contribution < -0.4 is 0 Å². The fourth-order valence-corrected chi connectivity index (χ4v) is 0.586. The highest BCUT2D eigenvalue weighted by molar-refractivity contribution is 5.16. The molecule has 1 aromatic heterocycles. The normalized spacial score (nSPS) is 10.9. The van der Waals surface area contributed by atoms with Gasteiger partial charge in [-0.15, -0.1) is 0 Å². The molecule has 0 amide bonds. The number of hydrogen-bond donors (Lipinski definition) is 0. The predicted octanol–water partition coefficient (Wildman–Crippen LogP) is 1.08. The fourth-order valence-electron chi connectivity index (χ4n) is 0.586. The third-order valence-electron chi connectivity index (χ3n) is 0.925. The maximum Gasteiger partial charge on any atom is 0.147 e. The van der Waals surface area contributed by atoms with Crippen LogP contribution in [-0.4, -0.2) is 14.8 Å². The molecular weight excluding hydrogens is 114 g/mol. The van der Waals surface area contributed by atoms with E-state index >= 15 is 0 Å². The summed E-state index contributed by atoms with van der Waals surface area (Å²) in [5, 5.41) is 4.02. The van der Waals surface area contributed by atoms with E-state index in [4.69, 9.17) is 0 Å². The zero-order valence-corrected chi connectivity index (χ0v) is 5.57. The van der Waals surface area contributed by atoms with Crippen LogP contribution in [0.15, 0.2) is 12.4 Å². The first-order chi connectivity index (χ1) is 4.33. The molecule has 0 aromatic carbocycles. The van der Waals surface area contributed by atoms with Crippen molar-refractivity contribution in [2.45, 2.75) is 13.8 Å². The quantitative estimate of drug-likeness (QED) is 0.559. The first kappa shape index (κ1) is 6.01. The number of nitrogens with zero attached hydrogens (tertiary/aromatic N) is 3. The second-order valence-electron chi connectivity index (χ2n) is 1.75. The highest BCUT2D eigenvalue weighted by Gasteiger charge is 1.86. The van der Waals surface area contributed by atoms with Crippen LogP contribution in [0.2, 0.25) is 0 Å². The van der Waals surface area contributed by atoms with Crippen LogP contribution in [0.1, 0.15) is 12.7 Å². The van der Waals surface area contributed by atoms with Crippen LogP contribution in [0.4, 0.5) is 0 Å².